The van der Waals surface area contributed by atoms with Gasteiger partial charge in [-0.3, -0.25) is 0 Å². The predicted molar refractivity (Wildman–Crippen MR) is 48.6 cm³/mol. The van der Waals surface area contributed by atoms with Gasteiger partial charge in [0.1, 0.15) is 0 Å². The molecule has 0 aliphatic carbocycles. The van der Waals surface area contributed by atoms with Crippen molar-refractivity contribution in [2.75, 3.05) is 0 Å². The van der Waals surface area contributed by atoms with Crippen LogP contribution in [0.1, 0.15) is 11.1 Å². The number of hydrogen-bond donors (Lipinski definition) is 1. The molecule has 1 aromatic rings. The third-order valence-corrected chi connectivity index (χ3v) is 1.51. The van der Waals surface area contributed by atoms with Gasteiger partial charge < -0.3 is 5.11 Å². The van der Waals surface area contributed by atoms with Gasteiger partial charge in [-0.05, 0) is 17.7 Å². The Hall–Kier alpha value is -2.05. The molecule has 0 aromatic heterocycles. The van der Waals surface area contributed by atoms with Crippen molar-refractivity contribution in [3.63, 3.8) is 0 Å². The lowest BCUT2D eigenvalue weighted by Crippen LogP contribution is -2.04. The summed E-state index contributed by atoms with van der Waals surface area (Å²) in [6.45, 7) is -0.238. The maximum absolute atomic E-state index is 12.0. The summed E-state index contributed by atoms with van der Waals surface area (Å²) in [5, 5.41) is 23.1. The van der Waals surface area contributed by atoms with Gasteiger partial charge in [0.15, 0.2) is 12.1 Å². The molecule has 0 spiro atoms. The normalized spacial score (nSPS) is 9.38. The fraction of sp³-hybridized carbons (Fsp3) is 0.200. The molecule has 3 nitrogen and oxygen atoms in total. The molecule has 84 valence electrons. The molecule has 0 amide bonds. The van der Waals surface area contributed by atoms with E-state index in [-0.39, 0.29) is 6.61 Å². The summed E-state index contributed by atoms with van der Waals surface area (Å²) < 4.78 is 35.9. The van der Waals surface area contributed by atoms with Crippen LogP contribution in [0.25, 0.3) is 0 Å². The Balaban J connectivity index is 0.000000487. The van der Waals surface area contributed by atoms with Crippen LogP contribution in [0.3, 0.4) is 0 Å². The molecule has 6 heteroatoms. The van der Waals surface area contributed by atoms with Crippen molar-refractivity contribution in [3.05, 3.63) is 35.4 Å². The van der Waals surface area contributed by atoms with E-state index >= 15 is 0 Å². The van der Waals surface area contributed by atoms with Crippen LogP contribution in [0.4, 0.5) is 13.2 Å². The minimum atomic E-state index is -4.30. The van der Waals surface area contributed by atoms with Gasteiger partial charge in [-0.25, -0.2) is 0 Å². The van der Waals surface area contributed by atoms with Gasteiger partial charge in [0, 0.05) is 0 Å². The number of aliphatic hydroxyl groups is 1. The fourth-order valence-electron chi connectivity index (χ4n) is 0.799. The number of benzene rings is 1. The van der Waals surface area contributed by atoms with Gasteiger partial charge in [-0.1, -0.05) is 12.1 Å². The number of nitriles is 2. The fourth-order valence-corrected chi connectivity index (χ4v) is 0.799. The first kappa shape index (κ1) is 13.9. The molecule has 0 saturated carbocycles. The van der Waals surface area contributed by atoms with Crippen LogP contribution in [-0.4, -0.2) is 5.11 Å². The number of alkyl halides is 3. The maximum Gasteiger partial charge on any atom is 0.416 e. The van der Waals surface area contributed by atoms with Crippen molar-refractivity contribution in [1.82, 2.24) is 0 Å². The van der Waals surface area contributed by atoms with E-state index < -0.39 is 11.7 Å². The monoisotopic (exact) mass is 228 g/mol. The molecule has 0 heterocycles. The zero-order valence-electron chi connectivity index (χ0n) is 7.99. The first-order chi connectivity index (χ1) is 7.45. The summed E-state index contributed by atoms with van der Waals surface area (Å²) in [7, 11) is 0. The molecule has 0 atom stereocenters. The summed E-state index contributed by atoms with van der Waals surface area (Å²) in [5.41, 5.74) is -0.220. The SMILES string of the molecule is N#CC#N.OCc1ccc(C(F)(F)F)cc1. The van der Waals surface area contributed by atoms with E-state index in [2.05, 4.69) is 0 Å². The van der Waals surface area contributed by atoms with Gasteiger partial charge in [0.25, 0.3) is 0 Å². The quantitative estimate of drug-likeness (QED) is 0.801. The molecule has 0 bridgehead atoms. The summed E-state index contributed by atoms with van der Waals surface area (Å²) >= 11 is 0. The lowest BCUT2D eigenvalue weighted by Gasteiger charge is -2.05. The van der Waals surface area contributed by atoms with Crippen LogP contribution in [-0.2, 0) is 12.8 Å². The van der Waals surface area contributed by atoms with Crippen molar-refractivity contribution < 1.29 is 18.3 Å². The average Bonchev–Trinajstić information content (AvgIpc) is 2.28. The van der Waals surface area contributed by atoms with Crippen LogP contribution in [0.5, 0.6) is 0 Å². The Bertz CT molecular complexity index is 386. The summed E-state index contributed by atoms with van der Waals surface area (Å²) in [6, 6.07) is 6.88. The summed E-state index contributed by atoms with van der Waals surface area (Å²) in [6.07, 6.45) is -4.30. The summed E-state index contributed by atoms with van der Waals surface area (Å²) in [5.74, 6) is 0. The number of hydrogen-bond acceptors (Lipinski definition) is 3. The zero-order chi connectivity index (χ0) is 12.6. The first-order valence-corrected chi connectivity index (χ1v) is 4.01. The Kier molecular flexibility index (Phi) is 5.61. The Morgan fingerprint density at radius 3 is 1.75 bits per heavy atom. The second kappa shape index (κ2) is 6.44. The highest BCUT2D eigenvalue weighted by Crippen LogP contribution is 2.28. The topological polar surface area (TPSA) is 67.8 Å². The number of nitrogens with zero attached hydrogens (tertiary/aromatic N) is 2. The molecule has 0 aliphatic heterocycles. The van der Waals surface area contributed by atoms with E-state index in [4.69, 9.17) is 15.6 Å². The van der Waals surface area contributed by atoms with Gasteiger partial charge in [-0.15, -0.1) is 0 Å². The van der Waals surface area contributed by atoms with E-state index in [1.165, 1.54) is 24.3 Å². The van der Waals surface area contributed by atoms with Crippen molar-refractivity contribution in [2.24, 2.45) is 0 Å². The molecule has 0 unspecified atom stereocenters. The number of aliphatic hydroxyl groups excluding tert-OH is 1. The summed E-state index contributed by atoms with van der Waals surface area (Å²) in [4.78, 5) is 0. The second-order valence-electron chi connectivity index (χ2n) is 2.58. The molecular formula is C10H7F3N2O. The highest BCUT2D eigenvalue weighted by molar-refractivity contribution is 5.23. The molecular weight excluding hydrogens is 221 g/mol. The highest BCUT2D eigenvalue weighted by Gasteiger charge is 2.29. The largest absolute Gasteiger partial charge is 0.416 e. The van der Waals surface area contributed by atoms with Crippen molar-refractivity contribution in [1.29, 1.82) is 10.5 Å². The van der Waals surface area contributed by atoms with Gasteiger partial charge in [0.2, 0.25) is 0 Å². The predicted octanol–water partition coefficient (Wildman–Crippen LogP) is 2.23. The molecule has 1 N–H and O–H groups in total. The number of halogens is 3. The molecule has 1 aromatic carbocycles. The minimum Gasteiger partial charge on any atom is -0.392 e. The van der Waals surface area contributed by atoms with E-state index in [1.54, 1.807) is 0 Å². The lowest BCUT2D eigenvalue weighted by molar-refractivity contribution is -0.137. The third kappa shape index (κ3) is 4.99. The average molecular weight is 228 g/mol. The molecule has 0 aliphatic rings. The first-order valence-electron chi connectivity index (χ1n) is 4.01. The Morgan fingerprint density at radius 1 is 1.06 bits per heavy atom. The lowest BCUT2D eigenvalue weighted by atomic mass is 10.1. The minimum absolute atomic E-state index is 0.238. The third-order valence-electron chi connectivity index (χ3n) is 1.51. The Morgan fingerprint density at radius 2 is 1.50 bits per heavy atom. The molecule has 0 fully saturated rings. The van der Waals surface area contributed by atoms with E-state index in [0.29, 0.717) is 5.56 Å². The maximum atomic E-state index is 12.0. The van der Waals surface area contributed by atoms with Crippen LogP contribution < -0.4 is 0 Å². The van der Waals surface area contributed by atoms with Gasteiger partial charge >= 0.3 is 6.18 Å². The van der Waals surface area contributed by atoms with Crippen molar-refractivity contribution in [3.8, 4) is 12.1 Å². The van der Waals surface area contributed by atoms with Crippen molar-refractivity contribution in [2.45, 2.75) is 12.8 Å². The van der Waals surface area contributed by atoms with E-state index in [0.717, 1.165) is 12.1 Å². The smallest absolute Gasteiger partial charge is 0.392 e. The van der Waals surface area contributed by atoms with Crippen LogP contribution >= 0.6 is 0 Å². The Labute approximate surface area is 90.0 Å². The second-order valence-corrected chi connectivity index (χ2v) is 2.58. The molecule has 1 rings (SSSR count). The zero-order valence-corrected chi connectivity index (χ0v) is 7.99. The molecule has 16 heavy (non-hydrogen) atoms. The van der Waals surface area contributed by atoms with Crippen LogP contribution in [0.2, 0.25) is 0 Å². The van der Waals surface area contributed by atoms with Crippen molar-refractivity contribution >= 4 is 0 Å². The van der Waals surface area contributed by atoms with E-state index in [1.807, 2.05) is 0 Å². The number of rotatable bonds is 1. The standard InChI is InChI=1S/C8H7F3O.C2N2/c9-8(10,11)7-3-1-6(5-12)2-4-7;3-1-2-4/h1-4,12H,5H2;. The van der Waals surface area contributed by atoms with Gasteiger partial charge in [0.05, 0.1) is 12.2 Å². The molecule has 0 radical (unpaired) electrons. The molecule has 0 saturated heterocycles. The highest BCUT2D eigenvalue weighted by atomic mass is 19.4. The van der Waals surface area contributed by atoms with Crippen LogP contribution in [0.15, 0.2) is 24.3 Å². The van der Waals surface area contributed by atoms with Crippen LogP contribution in [0, 0.1) is 22.7 Å². The van der Waals surface area contributed by atoms with E-state index in [9.17, 15) is 13.2 Å². The van der Waals surface area contributed by atoms with Gasteiger partial charge in [-0.2, -0.15) is 23.7 Å².